The number of amides is 1. The van der Waals surface area contributed by atoms with Crippen LogP contribution in [0.1, 0.15) is 36.6 Å². The van der Waals surface area contributed by atoms with Crippen molar-refractivity contribution in [3.05, 3.63) is 35.0 Å². The number of aromatic nitrogens is 4. The van der Waals surface area contributed by atoms with E-state index in [1.807, 2.05) is 39.0 Å². The number of carbonyl (C=O) groups excluding carboxylic acids is 1. The van der Waals surface area contributed by atoms with Gasteiger partial charge in [0.25, 0.3) is 5.89 Å². The predicted molar refractivity (Wildman–Crippen MR) is 132 cm³/mol. The smallest absolute Gasteiger partial charge is 0.277 e. The normalized spacial score (nSPS) is 13.9. The van der Waals surface area contributed by atoms with E-state index in [-0.39, 0.29) is 13.2 Å². The average Bonchev–Trinajstić information content (AvgIpc) is 3.57. The Balaban J connectivity index is 1.48. The first-order chi connectivity index (χ1) is 17.4. The van der Waals surface area contributed by atoms with Crippen molar-refractivity contribution in [3.63, 3.8) is 0 Å². The molecule has 3 aromatic rings. The van der Waals surface area contributed by atoms with Gasteiger partial charge in [-0.25, -0.2) is 9.97 Å². The highest BCUT2D eigenvalue weighted by Gasteiger charge is 2.22. The SMILES string of the molecule is CCc1cc(-c2noc(-c3cc(C)nc(NCC4CC4)n3)n2)cc(C)c1OC[C@@H](O)CNC(=O)CO. The molecule has 0 radical (unpaired) electrons. The summed E-state index contributed by atoms with van der Waals surface area (Å²) in [6, 6.07) is 5.65. The second kappa shape index (κ2) is 11.4. The number of aryl methyl sites for hydroxylation is 3. The summed E-state index contributed by atoms with van der Waals surface area (Å²) in [5.74, 6) is 2.12. The van der Waals surface area contributed by atoms with Crippen LogP contribution in [0.4, 0.5) is 5.95 Å². The van der Waals surface area contributed by atoms with Crippen molar-refractivity contribution in [1.82, 2.24) is 25.4 Å². The molecule has 1 aliphatic carbocycles. The molecule has 4 rings (SSSR count). The third-order valence-corrected chi connectivity index (χ3v) is 5.83. The molecule has 2 heterocycles. The van der Waals surface area contributed by atoms with Crippen molar-refractivity contribution in [3.8, 4) is 28.7 Å². The molecule has 2 aromatic heterocycles. The lowest BCUT2D eigenvalue weighted by molar-refractivity contribution is -0.124. The maximum Gasteiger partial charge on any atom is 0.277 e. The topological polar surface area (TPSA) is 156 Å². The number of nitrogens with one attached hydrogen (secondary N) is 2. The molecule has 0 saturated heterocycles. The molecule has 0 spiro atoms. The minimum Gasteiger partial charge on any atom is -0.490 e. The maximum atomic E-state index is 11.2. The van der Waals surface area contributed by atoms with Gasteiger partial charge in [0.1, 0.15) is 30.8 Å². The lowest BCUT2D eigenvalue weighted by Gasteiger charge is -2.17. The molecule has 4 N–H and O–H groups in total. The number of aliphatic hydroxyl groups is 2. The van der Waals surface area contributed by atoms with E-state index in [2.05, 4.69) is 30.7 Å². The van der Waals surface area contributed by atoms with E-state index in [1.54, 1.807) is 0 Å². The number of hydrogen-bond acceptors (Lipinski definition) is 10. The molecule has 1 aliphatic rings. The van der Waals surface area contributed by atoms with E-state index in [0.29, 0.717) is 41.4 Å². The first-order valence-corrected chi connectivity index (χ1v) is 12.1. The van der Waals surface area contributed by atoms with Crippen LogP contribution in [0.5, 0.6) is 5.75 Å². The fraction of sp³-hybridized carbons (Fsp3) is 0.480. The molecule has 0 bridgehead atoms. The predicted octanol–water partition coefficient (Wildman–Crippen LogP) is 2.04. The molecule has 1 fully saturated rings. The number of aliphatic hydroxyl groups excluding tert-OH is 2. The summed E-state index contributed by atoms with van der Waals surface area (Å²) in [7, 11) is 0. The lowest BCUT2D eigenvalue weighted by atomic mass is 10.0. The Morgan fingerprint density at radius 2 is 2.03 bits per heavy atom. The van der Waals surface area contributed by atoms with Crippen LogP contribution in [-0.2, 0) is 11.2 Å². The van der Waals surface area contributed by atoms with Crippen molar-refractivity contribution in [1.29, 1.82) is 0 Å². The highest BCUT2D eigenvalue weighted by Crippen LogP contribution is 2.32. The van der Waals surface area contributed by atoms with Gasteiger partial charge in [0.05, 0.1) is 0 Å². The van der Waals surface area contributed by atoms with Crippen LogP contribution in [0.3, 0.4) is 0 Å². The molecule has 1 saturated carbocycles. The molecule has 1 atom stereocenters. The van der Waals surface area contributed by atoms with Crippen molar-refractivity contribution in [2.24, 2.45) is 5.92 Å². The van der Waals surface area contributed by atoms with Gasteiger partial charge in [0.15, 0.2) is 0 Å². The zero-order chi connectivity index (χ0) is 25.7. The van der Waals surface area contributed by atoms with Crippen LogP contribution in [0, 0.1) is 19.8 Å². The maximum absolute atomic E-state index is 11.2. The number of rotatable bonds is 12. The lowest BCUT2D eigenvalue weighted by Crippen LogP contribution is -2.36. The summed E-state index contributed by atoms with van der Waals surface area (Å²) < 4.78 is 11.4. The highest BCUT2D eigenvalue weighted by atomic mass is 16.5. The Morgan fingerprint density at radius 1 is 1.22 bits per heavy atom. The van der Waals surface area contributed by atoms with Crippen LogP contribution in [0.2, 0.25) is 0 Å². The van der Waals surface area contributed by atoms with Gasteiger partial charge in [0.2, 0.25) is 17.7 Å². The second-order valence-electron chi connectivity index (χ2n) is 9.03. The van der Waals surface area contributed by atoms with E-state index in [1.165, 1.54) is 12.8 Å². The molecule has 1 amide bonds. The fourth-order valence-electron chi connectivity index (χ4n) is 3.73. The molecule has 11 heteroatoms. The molecule has 11 nitrogen and oxygen atoms in total. The Bertz CT molecular complexity index is 1210. The summed E-state index contributed by atoms with van der Waals surface area (Å²) in [4.78, 5) is 24.7. The van der Waals surface area contributed by atoms with Crippen molar-refractivity contribution >= 4 is 11.9 Å². The van der Waals surface area contributed by atoms with Crippen molar-refractivity contribution < 1.29 is 24.3 Å². The zero-order valence-electron chi connectivity index (χ0n) is 20.7. The van der Waals surface area contributed by atoms with E-state index in [4.69, 9.17) is 14.4 Å². The number of carbonyl (C=O) groups is 1. The van der Waals surface area contributed by atoms with Crippen LogP contribution >= 0.6 is 0 Å². The van der Waals surface area contributed by atoms with Gasteiger partial charge in [0, 0.05) is 24.3 Å². The molecule has 36 heavy (non-hydrogen) atoms. The van der Waals surface area contributed by atoms with Gasteiger partial charge in [-0.3, -0.25) is 4.79 Å². The summed E-state index contributed by atoms with van der Waals surface area (Å²) in [5.41, 5.74) is 3.93. The van der Waals surface area contributed by atoms with E-state index in [0.717, 1.165) is 28.9 Å². The molecular formula is C25H32N6O5. The van der Waals surface area contributed by atoms with Crippen molar-refractivity contribution in [2.75, 3.05) is 31.6 Å². The molecule has 192 valence electrons. The zero-order valence-corrected chi connectivity index (χ0v) is 20.7. The van der Waals surface area contributed by atoms with Gasteiger partial charge in [-0.2, -0.15) is 4.98 Å². The van der Waals surface area contributed by atoms with Gasteiger partial charge in [-0.1, -0.05) is 12.1 Å². The quantitative estimate of drug-likeness (QED) is 0.293. The molecule has 0 aliphatic heterocycles. The standard InChI is InChI=1S/C25H32N6O5/c1-4-17-9-18(7-14(2)22(17)35-13-19(33)11-26-21(34)12-32)23-30-24(36-31-23)20-8-15(3)28-25(29-20)27-10-16-5-6-16/h7-9,16,19,32-33H,4-6,10-13H2,1-3H3,(H,26,34)(H,27,28,29)/t19-/m0/s1. The fourth-order valence-corrected chi connectivity index (χ4v) is 3.73. The van der Waals surface area contributed by atoms with E-state index < -0.39 is 18.6 Å². The van der Waals surface area contributed by atoms with Crippen LogP contribution in [-0.4, -0.2) is 68.6 Å². The minimum absolute atomic E-state index is 0.00453. The number of nitrogens with zero attached hydrogens (tertiary/aromatic N) is 4. The minimum atomic E-state index is -0.913. The number of hydrogen-bond donors (Lipinski definition) is 4. The largest absolute Gasteiger partial charge is 0.490 e. The van der Waals surface area contributed by atoms with Gasteiger partial charge < -0.3 is 30.1 Å². The van der Waals surface area contributed by atoms with Crippen LogP contribution < -0.4 is 15.4 Å². The van der Waals surface area contributed by atoms with E-state index >= 15 is 0 Å². The molecule has 1 aromatic carbocycles. The van der Waals surface area contributed by atoms with Gasteiger partial charge in [-0.05, 0) is 68.4 Å². The van der Waals surface area contributed by atoms with Crippen LogP contribution in [0.15, 0.2) is 22.7 Å². The Morgan fingerprint density at radius 3 is 2.75 bits per heavy atom. The second-order valence-corrected chi connectivity index (χ2v) is 9.03. The molecule has 0 unspecified atom stereocenters. The monoisotopic (exact) mass is 496 g/mol. The van der Waals surface area contributed by atoms with Crippen molar-refractivity contribution in [2.45, 2.75) is 46.1 Å². The summed E-state index contributed by atoms with van der Waals surface area (Å²) in [6.45, 7) is 6.04. The molecular weight excluding hydrogens is 464 g/mol. The summed E-state index contributed by atoms with van der Waals surface area (Å²) in [5, 5.41) is 28.7. The number of ether oxygens (including phenoxy) is 1. The Labute approximate surface area is 209 Å². The first kappa shape index (κ1) is 25.5. The summed E-state index contributed by atoms with van der Waals surface area (Å²) in [6.07, 6.45) is 2.26. The van der Waals surface area contributed by atoms with Crippen LogP contribution in [0.25, 0.3) is 23.0 Å². The third-order valence-electron chi connectivity index (χ3n) is 5.83. The highest BCUT2D eigenvalue weighted by molar-refractivity contribution is 5.76. The Kier molecular flexibility index (Phi) is 8.11. The van der Waals surface area contributed by atoms with Gasteiger partial charge in [-0.15, -0.1) is 0 Å². The third kappa shape index (κ3) is 6.55. The average molecular weight is 497 g/mol. The Hall–Kier alpha value is -3.57. The number of benzene rings is 1. The van der Waals surface area contributed by atoms with E-state index in [9.17, 15) is 9.90 Å². The first-order valence-electron chi connectivity index (χ1n) is 12.1. The number of anilines is 1. The summed E-state index contributed by atoms with van der Waals surface area (Å²) >= 11 is 0. The van der Waals surface area contributed by atoms with Gasteiger partial charge >= 0.3 is 0 Å².